The molecule has 1 heteroatoms. The van der Waals surface area contributed by atoms with Crippen molar-refractivity contribution in [1.82, 2.24) is 0 Å². The third-order valence-electron chi connectivity index (χ3n) is 7.98. The molecular formula is C38H54N+. The Hall–Kier alpha value is -2.64. The lowest BCUT2D eigenvalue weighted by Crippen LogP contribution is -2.46. The molecule has 0 unspecified atom stereocenters. The Balaban J connectivity index is 1.47. The van der Waals surface area contributed by atoms with Crippen molar-refractivity contribution in [3.8, 4) is 0 Å². The second-order valence-electron chi connectivity index (χ2n) is 11.6. The van der Waals surface area contributed by atoms with E-state index in [-0.39, 0.29) is 0 Å². The van der Waals surface area contributed by atoms with Gasteiger partial charge >= 0.3 is 0 Å². The largest absolute Gasteiger partial charge is 0.312 e. The van der Waals surface area contributed by atoms with Gasteiger partial charge in [0.2, 0.25) is 0 Å². The molecule has 0 atom stereocenters. The van der Waals surface area contributed by atoms with Crippen LogP contribution in [0.15, 0.2) is 103 Å². The van der Waals surface area contributed by atoms with Gasteiger partial charge in [-0.2, -0.15) is 0 Å². The third-order valence-corrected chi connectivity index (χ3v) is 7.98. The fraction of sp³-hybridized carbons (Fsp3) is 0.474. The second-order valence-corrected chi connectivity index (χ2v) is 11.6. The van der Waals surface area contributed by atoms with E-state index in [1.165, 1.54) is 107 Å². The van der Waals surface area contributed by atoms with E-state index in [4.69, 9.17) is 0 Å². The van der Waals surface area contributed by atoms with Gasteiger partial charge in [-0.15, -0.1) is 0 Å². The molecule has 0 aliphatic rings. The molecule has 39 heavy (non-hydrogen) atoms. The molecule has 0 spiro atoms. The average molecular weight is 525 g/mol. The van der Waals surface area contributed by atoms with E-state index in [2.05, 4.69) is 110 Å². The highest BCUT2D eigenvalue weighted by Crippen LogP contribution is 2.26. The summed E-state index contributed by atoms with van der Waals surface area (Å²) in [7, 11) is 0. The summed E-state index contributed by atoms with van der Waals surface area (Å²) in [6, 6.07) is 33.4. The molecule has 0 fully saturated rings. The van der Waals surface area contributed by atoms with Crippen molar-refractivity contribution in [2.75, 3.05) is 6.54 Å². The highest BCUT2D eigenvalue weighted by molar-refractivity contribution is 5.17. The molecule has 3 aromatic rings. The normalized spacial score (nSPS) is 11.8. The van der Waals surface area contributed by atoms with Crippen molar-refractivity contribution in [3.05, 3.63) is 120 Å². The molecule has 0 aliphatic heterocycles. The Morgan fingerprint density at radius 3 is 1.21 bits per heavy atom. The number of rotatable bonds is 21. The molecule has 1 nitrogen and oxygen atoms in total. The molecule has 3 aromatic carbocycles. The molecule has 0 heterocycles. The summed E-state index contributed by atoms with van der Waals surface area (Å²) in [5.41, 5.74) is 4.34. The maximum atomic E-state index is 2.40. The lowest BCUT2D eigenvalue weighted by atomic mass is 10.0. The monoisotopic (exact) mass is 524 g/mol. The third kappa shape index (κ3) is 13.3. The van der Waals surface area contributed by atoms with Crippen molar-refractivity contribution in [2.24, 2.45) is 0 Å². The first-order valence-corrected chi connectivity index (χ1v) is 15.9. The zero-order valence-corrected chi connectivity index (χ0v) is 24.8. The lowest BCUT2D eigenvalue weighted by molar-refractivity contribution is -0.966. The van der Waals surface area contributed by atoms with Gasteiger partial charge in [0.1, 0.15) is 19.6 Å². The minimum absolute atomic E-state index is 1.08. The maximum absolute atomic E-state index is 2.40. The fourth-order valence-electron chi connectivity index (χ4n) is 5.82. The van der Waals surface area contributed by atoms with Crippen molar-refractivity contribution < 1.29 is 4.48 Å². The van der Waals surface area contributed by atoms with Crippen molar-refractivity contribution >= 4 is 0 Å². The Bertz CT molecular complexity index is 891. The van der Waals surface area contributed by atoms with Crippen LogP contribution in [0.4, 0.5) is 0 Å². The van der Waals surface area contributed by atoms with Crippen LogP contribution in [0.5, 0.6) is 0 Å². The summed E-state index contributed by atoms with van der Waals surface area (Å²) >= 11 is 0. The summed E-state index contributed by atoms with van der Waals surface area (Å²) in [4.78, 5) is 0. The number of hydrogen-bond donors (Lipinski definition) is 0. The van der Waals surface area contributed by atoms with Crippen LogP contribution < -0.4 is 0 Å². The Morgan fingerprint density at radius 2 is 0.795 bits per heavy atom. The van der Waals surface area contributed by atoms with Crippen LogP contribution in [-0.4, -0.2) is 11.0 Å². The van der Waals surface area contributed by atoms with E-state index in [1.54, 1.807) is 0 Å². The first kappa shape index (κ1) is 30.9. The number of quaternary nitrogens is 1. The van der Waals surface area contributed by atoms with Crippen LogP contribution in [-0.2, 0) is 19.6 Å². The van der Waals surface area contributed by atoms with Crippen LogP contribution in [0.3, 0.4) is 0 Å². The van der Waals surface area contributed by atoms with Crippen LogP contribution in [0.2, 0.25) is 0 Å². The molecule has 0 N–H and O–H groups in total. The average Bonchev–Trinajstić information content (AvgIpc) is 2.97. The highest BCUT2D eigenvalue weighted by Gasteiger charge is 2.28. The van der Waals surface area contributed by atoms with Gasteiger partial charge in [-0.3, -0.25) is 0 Å². The Morgan fingerprint density at radius 1 is 0.436 bits per heavy atom. The van der Waals surface area contributed by atoms with E-state index in [1.807, 2.05) is 0 Å². The topological polar surface area (TPSA) is 0 Å². The summed E-state index contributed by atoms with van der Waals surface area (Å²) in [6.45, 7) is 6.74. The smallest absolute Gasteiger partial charge is 0.105 e. The van der Waals surface area contributed by atoms with Crippen LogP contribution >= 0.6 is 0 Å². The summed E-state index contributed by atoms with van der Waals surface area (Å²) in [5, 5.41) is 0. The quantitative estimate of drug-likeness (QED) is 0.0738. The van der Waals surface area contributed by atoms with Gasteiger partial charge in [0, 0.05) is 16.7 Å². The SMILES string of the molecule is CCCC/C=C/CCCCCCCCCCC[N+](Cc1ccccc1)(Cc1ccccc1)Cc1ccccc1. The van der Waals surface area contributed by atoms with Gasteiger partial charge in [-0.25, -0.2) is 0 Å². The van der Waals surface area contributed by atoms with Crippen LogP contribution in [0.25, 0.3) is 0 Å². The second kappa shape index (κ2) is 19.4. The van der Waals surface area contributed by atoms with Crippen molar-refractivity contribution in [1.29, 1.82) is 0 Å². The molecule has 0 bridgehead atoms. The Kier molecular flexibility index (Phi) is 15.4. The number of unbranched alkanes of at least 4 members (excludes halogenated alkanes) is 11. The van der Waals surface area contributed by atoms with Gasteiger partial charge < -0.3 is 4.48 Å². The first-order chi connectivity index (χ1) is 19.3. The fourth-order valence-corrected chi connectivity index (χ4v) is 5.82. The molecule has 0 aliphatic carbocycles. The molecule has 0 saturated heterocycles. The van der Waals surface area contributed by atoms with Gasteiger partial charge in [0.25, 0.3) is 0 Å². The molecular weight excluding hydrogens is 470 g/mol. The minimum atomic E-state index is 1.08. The van der Waals surface area contributed by atoms with Crippen molar-refractivity contribution in [2.45, 2.75) is 110 Å². The molecule has 3 rings (SSSR count). The summed E-state index contributed by atoms with van der Waals surface area (Å²) in [6.07, 6.45) is 22.4. The number of allylic oxidation sites excluding steroid dienone is 2. The van der Waals surface area contributed by atoms with Crippen molar-refractivity contribution in [3.63, 3.8) is 0 Å². The summed E-state index contributed by atoms with van der Waals surface area (Å²) < 4.78 is 1.09. The Labute approximate surface area is 240 Å². The number of benzene rings is 3. The minimum Gasteiger partial charge on any atom is -0.312 e. The zero-order chi connectivity index (χ0) is 27.3. The maximum Gasteiger partial charge on any atom is 0.105 e. The zero-order valence-electron chi connectivity index (χ0n) is 24.8. The van der Waals surface area contributed by atoms with Crippen LogP contribution in [0, 0.1) is 0 Å². The van der Waals surface area contributed by atoms with E-state index in [0.29, 0.717) is 0 Å². The van der Waals surface area contributed by atoms with E-state index in [9.17, 15) is 0 Å². The molecule has 0 radical (unpaired) electrons. The predicted molar refractivity (Wildman–Crippen MR) is 170 cm³/mol. The van der Waals surface area contributed by atoms with E-state index >= 15 is 0 Å². The van der Waals surface area contributed by atoms with Gasteiger partial charge in [-0.05, 0) is 32.1 Å². The van der Waals surface area contributed by atoms with Crippen LogP contribution in [0.1, 0.15) is 107 Å². The molecule has 210 valence electrons. The highest BCUT2D eigenvalue weighted by atomic mass is 15.3. The first-order valence-electron chi connectivity index (χ1n) is 15.9. The molecule has 0 aromatic heterocycles. The number of nitrogens with zero attached hydrogens (tertiary/aromatic N) is 1. The van der Waals surface area contributed by atoms with E-state index < -0.39 is 0 Å². The molecule has 0 amide bonds. The lowest BCUT2D eigenvalue weighted by Gasteiger charge is -2.39. The standard InChI is InChI=1S/C38H54N/c1-2-3-4-5-6-7-8-9-10-11-12-13-14-15-25-32-39(33-36-26-19-16-20-27-36,34-37-28-21-17-22-29-37)35-38-30-23-18-24-31-38/h5-6,16-24,26-31H,2-4,7-15,25,32-35H2,1H3/q+1/b6-5+. The predicted octanol–water partition coefficient (Wildman–Crippen LogP) is 11.1. The van der Waals surface area contributed by atoms with Gasteiger partial charge in [0.05, 0.1) is 6.54 Å². The summed E-state index contributed by atoms with van der Waals surface area (Å²) in [5.74, 6) is 0. The van der Waals surface area contributed by atoms with Gasteiger partial charge in [0.15, 0.2) is 0 Å². The van der Waals surface area contributed by atoms with Gasteiger partial charge in [-0.1, -0.05) is 161 Å². The number of hydrogen-bond acceptors (Lipinski definition) is 0. The van der Waals surface area contributed by atoms with E-state index in [0.717, 1.165) is 24.1 Å². The molecule has 0 saturated carbocycles.